The molecule has 2 aromatic rings. The maximum absolute atomic E-state index is 12.8. The maximum Gasteiger partial charge on any atom is 0.417 e. The largest absolute Gasteiger partial charge is 0.417 e. The van der Waals surface area contributed by atoms with Crippen molar-refractivity contribution < 1.29 is 18.0 Å². The molecule has 0 saturated heterocycles. The van der Waals surface area contributed by atoms with Crippen molar-refractivity contribution in [2.45, 2.75) is 6.18 Å². The average Bonchev–Trinajstić information content (AvgIpc) is 2.40. The number of rotatable bonds is 2. The zero-order valence-corrected chi connectivity index (χ0v) is 11.5. The molecule has 0 fully saturated rings. The van der Waals surface area contributed by atoms with Gasteiger partial charge in [0, 0.05) is 12.4 Å². The van der Waals surface area contributed by atoms with Crippen molar-refractivity contribution in [2.24, 2.45) is 0 Å². The number of nitrogens with one attached hydrogen (secondary N) is 1. The Labute approximate surface area is 121 Å². The molecule has 1 aromatic heterocycles. The SMILES string of the molecule is O=C(Nc1ccncc1Br)c1ccccc1C(F)(F)F. The molecule has 2 rings (SSSR count). The van der Waals surface area contributed by atoms with E-state index in [0.717, 1.165) is 12.1 Å². The van der Waals surface area contributed by atoms with Crippen LogP contribution < -0.4 is 5.32 Å². The van der Waals surface area contributed by atoms with Crippen LogP contribution in [0.4, 0.5) is 18.9 Å². The van der Waals surface area contributed by atoms with Crippen LogP contribution in [0.1, 0.15) is 15.9 Å². The summed E-state index contributed by atoms with van der Waals surface area (Å²) in [6.45, 7) is 0. The summed E-state index contributed by atoms with van der Waals surface area (Å²) < 4.78 is 39.0. The van der Waals surface area contributed by atoms with E-state index >= 15 is 0 Å². The minimum atomic E-state index is -4.58. The molecule has 1 aromatic carbocycles. The van der Waals surface area contributed by atoms with Crippen LogP contribution in [0.25, 0.3) is 0 Å². The van der Waals surface area contributed by atoms with Gasteiger partial charge >= 0.3 is 6.18 Å². The van der Waals surface area contributed by atoms with Gasteiger partial charge in [0.15, 0.2) is 0 Å². The number of hydrogen-bond donors (Lipinski definition) is 1. The third-order valence-corrected chi connectivity index (χ3v) is 3.13. The zero-order chi connectivity index (χ0) is 14.8. The number of hydrogen-bond acceptors (Lipinski definition) is 2. The van der Waals surface area contributed by atoms with Gasteiger partial charge in [0.05, 0.1) is 21.3 Å². The van der Waals surface area contributed by atoms with Gasteiger partial charge in [-0.05, 0) is 34.1 Å². The van der Waals surface area contributed by atoms with Gasteiger partial charge in [0.2, 0.25) is 0 Å². The molecular weight excluding hydrogens is 337 g/mol. The highest BCUT2D eigenvalue weighted by Gasteiger charge is 2.34. The lowest BCUT2D eigenvalue weighted by Gasteiger charge is -2.13. The fourth-order valence-electron chi connectivity index (χ4n) is 1.59. The number of amides is 1. The van der Waals surface area contributed by atoms with Gasteiger partial charge in [-0.1, -0.05) is 12.1 Å². The predicted octanol–water partition coefficient (Wildman–Crippen LogP) is 4.12. The molecule has 1 heterocycles. The normalized spacial score (nSPS) is 11.2. The Balaban J connectivity index is 2.34. The van der Waals surface area contributed by atoms with Crippen LogP contribution in [0.2, 0.25) is 0 Å². The van der Waals surface area contributed by atoms with E-state index in [1.54, 1.807) is 0 Å². The molecule has 20 heavy (non-hydrogen) atoms. The Morgan fingerprint density at radius 1 is 1.20 bits per heavy atom. The molecule has 1 amide bonds. The number of halogens is 4. The second-order valence-electron chi connectivity index (χ2n) is 3.85. The van der Waals surface area contributed by atoms with Gasteiger partial charge < -0.3 is 5.32 Å². The quantitative estimate of drug-likeness (QED) is 0.890. The molecule has 0 aliphatic rings. The lowest BCUT2D eigenvalue weighted by Crippen LogP contribution is -2.18. The van der Waals surface area contributed by atoms with Crippen LogP contribution in [-0.4, -0.2) is 10.9 Å². The number of carbonyl (C=O) groups is 1. The van der Waals surface area contributed by atoms with Crippen molar-refractivity contribution in [1.29, 1.82) is 0 Å². The standard InChI is InChI=1S/C13H8BrF3N2O/c14-10-7-18-6-5-11(10)19-12(20)8-3-1-2-4-9(8)13(15,16)17/h1-7H,(H,18,19,20). The number of aromatic nitrogens is 1. The lowest BCUT2D eigenvalue weighted by molar-refractivity contribution is -0.137. The maximum atomic E-state index is 12.8. The second-order valence-corrected chi connectivity index (χ2v) is 4.71. The van der Waals surface area contributed by atoms with E-state index in [1.807, 2.05) is 0 Å². The first-order valence-corrected chi connectivity index (χ1v) is 6.26. The van der Waals surface area contributed by atoms with Gasteiger partial charge in [0.25, 0.3) is 5.91 Å². The topological polar surface area (TPSA) is 42.0 Å². The molecule has 0 atom stereocenters. The third-order valence-electron chi connectivity index (χ3n) is 2.50. The van der Waals surface area contributed by atoms with Crippen LogP contribution in [-0.2, 0) is 6.18 Å². The van der Waals surface area contributed by atoms with E-state index in [2.05, 4.69) is 26.2 Å². The van der Waals surface area contributed by atoms with Crippen molar-refractivity contribution in [3.63, 3.8) is 0 Å². The Morgan fingerprint density at radius 2 is 1.90 bits per heavy atom. The van der Waals surface area contributed by atoms with Crippen LogP contribution in [0.3, 0.4) is 0 Å². The molecule has 0 saturated carbocycles. The third kappa shape index (κ3) is 3.16. The molecule has 0 spiro atoms. The first kappa shape index (κ1) is 14.5. The summed E-state index contributed by atoms with van der Waals surface area (Å²) in [6.07, 6.45) is -1.72. The summed E-state index contributed by atoms with van der Waals surface area (Å²) in [5.41, 5.74) is -1.05. The molecular formula is C13H8BrF3N2O. The first-order valence-electron chi connectivity index (χ1n) is 5.46. The molecule has 0 bridgehead atoms. The van der Waals surface area contributed by atoms with E-state index in [0.29, 0.717) is 10.2 Å². The lowest BCUT2D eigenvalue weighted by atomic mass is 10.1. The van der Waals surface area contributed by atoms with Gasteiger partial charge in [-0.2, -0.15) is 13.2 Å². The zero-order valence-electron chi connectivity index (χ0n) is 9.91. The van der Waals surface area contributed by atoms with Crippen molar-refractivity contribution in [3.8, 4) is 0 Å². The van der Waals surface area contributed by atoms with Gasteiger partial charge in [-0.25, -0.2) is 0 Å². The van der Waals surface area contributed by atoms with E-state index in [9.17, 15) is 18.0 Å². The Kier molecular flexibility index (Phi) is 4.08. The van der Waals surface area contributed by atoms with Crippen molar-refractivity contribution >= 4 is 27.5 Å². The smallest absolute Gasteiger partial charge is 0.321 e. The summed E-state index contributed by atoms with van der Waals surface area (Å²) in [5.74, 6) is -0.829. The Hall–Kier alpha value is -1.89. The highest BCUT2D eigenvalue weighted by Crippen LogP contribution is 2.32. The molecule has 0 radical (unpaired) electrons. The van der Waals surface area contributed by atoms with E-state index in [4.69, 9.17) is 0 Å². The van der Waals surface area contributed by atoms with E-state index in [-0.39, 0.29) is 0 Å². The fraction of sp³-hybridized carbons (Fsp3) is 0.0769. The first-order chi connectivity index (χ1) is 9.39. The molecule has 0 unspecified atom stereocenters. The van der Waals surface area contributed by atoms with Gasteiger partial charge in [-0.15, -0.1) is 0 Å². The number of nitrogens with zero attached hydrogens (tertiary/aromatic N) is 1. The summed E-state index contributed by atoms with van der Waals surface area (Å²) in [6, 6.07) is 6.11. The molecule has 104 valence electrons. The van der Waals surface area contributed by atoms with E-state index < -0.39 is 23.2 Å². The molecule has 0 aliphatic heterocycles. The fourth-order valence-corrected chi connectivity index (χ4v) is 1.94. The van der Waals surface area contributed by atoms with Crippen LogP contribution in [0.15, 0.2) is 47.2 Å². The Morgan fingerprint density at radius 3 is 2.55 bits per heavy atom. The van der Waals surface area contributed by atoms with Crippen molar-refractivity contribution in [1.82, 2.24) is 4.98 Å². The number of benzene rings is 1. The number of carbonyl (C=O) groups excluding carboxylic acids is 1. The Bertz CT molecular complexity index is 644. The minimum Gasteiger partial charge on any atom is -0.321 e. The van der Waals surface area contributed by atoms with Crippen LogP contribution >= 0.6 is 15.9 Å². The summed E-state index contributed by atoms with van der Waals surface area (Å²) in [4.78, 5) is 15.8. The molecule has 7 heteroatoms. The summed E-state index contributed by atoms with van der Waals surface area (Å²) in [5, 5.41) is 2.41. The van der Waals surface area contributed by atoms with Gasteiger partial charge in [-0.3, -0.25) is 9.78 Å². The number of anilines is 1. The average molecular weight is 345 g/mol. The number of alkyl halides is 3. The second kappa shape index (κ2) is 5.62. The summed E-state index contributed by atoms with van der Waals surface area (Å²) in [7, 11) is 0. The van der Waals surface area contributed by atoms with Crippen LogP contribution in [0, 0.1) is 0 Å². The predicted molar refractivity (Wildman–Crippen MR) is 71.3 cm³/mol. The number of pyridine rings is 1. The highest BCUT2D eigenvalue weighted by molar-refractivity contribution is 9.10. The molecule has 3 nitrogen and oxygen atoms in total. The van der Waals surface area contributed by atoms with Crippen molar-refractivity contribution in [3.05, 3.63) is 58.3 Å². The molecule has 1 N–H and O–H groups in total. The van der Waals surface area contributed by atoms with E-state index in [1.165, 1.54) is 30.6 Å². The minimum absolute atomic E-state index is 0.349. The molecule has 0 aliphatic carbocycles. The van der Waals surface area contributed by atoms with Crippen molar-refractivity contribution in [2.75, 3.05) is 5.32 Å². The van der Waals surface area contributed by atoms with Crippen LogP contribution in [0.5, 0.6) is 0 Å². The highest BCUT2D eigenvalue weighted by atomic mass is 79.9. The van der Waals surface area contributed by atoms with Gasteiger partial charge in [0.1, 0.15) is 0 Å². The summed E-state index contributed by atoms with van der Waals surface area (Å²) >= 11 is 3.16. The monoisotopic (exact) mass is 344 g/mol.